The summed E-state index contributed by atoms with van der Waals surface area (Å²) in [5.41, 5.74) is 9.06. The Morgan fingerprint density at radius 3 is 1.44 bits per heavy atom. The molecule has 43 heavy (non-hydrogen) atoms. The predicted octanol–water partition coefficient (Wildman–Crippen LogP) is 9.63. The summed E-state index contributed by atoms with van der Waals surface area (Å²) in [6, 6.07) is 16.0. The van der Waals surface area contributed by atoms with Crippen LogP contribution in [-0.4, -0.2) is 29.8 Å². The summed E-state index contributed by atoms with van der Waals surface area (Å²) in [6.07, 6.45) is 5.80. The Bertz CT molecular complexity index is 1600. The third-order valence-corrected chi connectivity index (χ3v) is 45.4. The topological polar surface area (TPSA) is 12.0 Å². The van der Waals surface area contributed by atoms with Gasteiger partial charge in [0.05, 0.1) is 15.2 Å². The lowest BCUT2D eigenvalue weighted by Crippen LogP contribution is -2.68. The molecule has 2 aliphatic rings. The molecule has 8 heteroatoms. The maximum absolute atomic E-state index is 14.3. The highest BCUT2D eigenvalue weighted by atomic mass is 35.6. The van der Waals surface area contributed by atoms with Crippen LogP contribution >= 0.6 is 11.1 Å². The molecule has 0 fully saturated rings. The predicted molar refractivity (Wildman–Crippen MR) is 197 cm³/mol. The van der Waals surface area contributed by atoms with Gasteiger partial charge in [-0.1, -0.05) is 116 Å². The van der Waals surface area contributed by atoms with E-state index in [0.717, 1.165) is 24.0 Å². The normalized spacial score (nSPS) is 14.8. The highest BCUT2D eigenvalue weighted by Crippen LogP contribution is 2.32. The van der Waals surface area contributed by atoms with Gasteiger partial charge in [0, 0.05) is 16.8 Å². The molecule has 0 bridgehead atoms. The van der Waals surface area contributed by atoms with E-state index in [1.54, 1.807) is 12.1 Å². The number of rotatable bonds is 6. The van der Waals surface area contributed by atoms with Crippen molar-refractivity contribution in [2.24, 2.45) is 0 Å². The van der Waals surface area contributed by atoms with E-state index in [-0.39, 0.29) is 11.6 Å². The van der Waals surface area contributed by atoms with Gasteiger partial charge in [-0.2, -0.15) is 11.1 Å². The third kappa shape index (κ3) is 6.66. The molecule has 0 atom stereocenters. The number of hydrogen-bond donors (Lipinski definition) is 1. The Balaban J connectivity index is 0.000000208. The Labute approximate surface area is 266 Å². The van der Waals surface area contributed by atoms with Gasteiger partial charge >= 0.3 is 0 Å². The van der Waals surface area contributed by atoms with Crippen LogP contribution in [0.4, 0.5) is 14.5 Å². The molecule has 230 valence electrons. The molecule has 1 nitrogen and oxygen atoms in total. The van der Waals surface area contributed by atoms with E-state index in [9.17, 15) is 8.78 Å². The zero-order valence-corrected chi connectivity index (χ0v) is 32.6. The molecule has 0 unspecified atom stereocenters. The summed E-state index contributed by atoms with van der Waals surface area (Å²) in [5, 5.41) is 2.78. The van der Waals surface area contributed by atoms with E-state index in [2.05, 4.69) is 108 Å². The van der Waals surface area contributed by atoms with Gasteiger partial charge in [0.15, 0.2) is 0 Å². The number of nitrogens with one attached hydrogen (secondary N) is 1. The molecule has 3 aromatic rings. The van der Waals surface area contributed by atoms with Crippen LogP contribution < -0.4 is 15.4 Å². The molecule has 0 aliphatic heterocycles. The summed E-state index contributed by atoms with van der Waals surface area (Å²) in [4.78, 5) is 3.89. The smallest absolute Gasteiger partial charge is 0.146 e. The fraction of sp³-hybridized carbons (Fsp3) is 0.371. The second kappa shape index (κ2) is 12.0. The lowest BCUT2D eigenvalue weighted by molar-refractivity contribution is 0.624. The van der Waals surface area contributed by atoms with Crippen molar-refractivity contribution < 1.29 is 8.78 Å². The van der Waals surface area contributed by atoms with Crippen LogP contribution in [0.15, 0.2) is 59.7 Å². The van der Waals surface area contributed by atoms with Crippen LogP contribution in [0.25, 0.3) is 12.2 Å². The van der Waals surface area contributed by atoms with Crippen LogP contribution in [0, 0.1) is 18.6 Å². The van der Waals surface area contributed by atoms with Gasteiger partial charge in [-0.3, -0.25) is 0 Å². The van der Waals surface area contributed by atoms with Crippen molar-refractivity contribution in [3.63, 3.8) is 0 Å². The highest BCUT2D eigenvalue weighted by molar-refractivity contribution is 7.61. The van der Waals surface area contributed by atoms with Crippen molar-refractivity contribution in [2.45, 2.75) is 86.0 Å². The Morgan fingerprint density at radius 2 is 1.02 bits per heavy atom. The molecule has 2 aliphatic carbocycles. The molecule has 0 saturated heterocycles. The first kappa shape index (κ1) is 33.8. The van der Waals surface area contributed by atoms with E-state index in [1.807, 2.05) is 18.2 Å². The Morgan fingerprint density at radius 1 is 0.605 bits per heavy atom. The monoisotopic (exact) mass is 667 g/mol. The van der Waals surface area contributed by atoms with Gasteiger partial charge < -0.3 is 4.98 Å². The van der Waals surface area contributed by atoms with Crippen molar-refractivity contribution >= 4 is 69.1 Å². The van der Waals surface area contributed by atoms with Crippen LogP contribution in [0.3, 0.4) is 0 Å². The zero-order chi connectivity index (χ0) is 32.1. The molecule has 0 spiro atoms. The van der Waals surface area contributed by atoms with Crippen molar-refractivity contribution in [3.8, 4) is 0 Å². The van der Waals surface area contributed by atoms with E-state index >= 15 is 0 Å². The SMILES string of the molecule is CC1=Cc2c(F)ccc([Si](C)(C)[Si](C)(C)Cl)c2C1.CC1=Cc2c(F)ccc([Si](C)(C)[Si](C)(C)Nc3ccc(C)cc3)c2C1. The molecule has 0 aromatic heterocycles. The molecular formula is C35H48ClF2NSi4. The Hall–Kier alpha value is -2.04. The number of fused-ring (bicyclic) bond motifs is 2. The first-order valence-electron chi connectivity index (χ1n) is 15.3. The van der Waals surface area contributed by atoms with Gasteiger partial charge in [0.2, 0.25) is 0 Å². The van der Waals surface area contributed by atoms with Crippen molar-refractivity contribution in [1.29, 1.82) is 0 Å². The molecule has 0 amide bonds. The average molecular weight is 669 g/mol. The number of aryl methyl sites for hydroxylation is 1. The van der Waals surface area contributed by atoms with Gasteiger partial charge in [-0.25, -0.2) is 8.78 Å². The number of allylic oxidation sites excluding steroid dienone is 2. The first-order chi connectivity index (χ1) is 19.8. The minimum absolute atomic E-state index is 0.0774. The summed E-state index contributed by atoms with van der Waals surface area (Å²) in [5.74, 6) is -0.171. The number of anilines is 1. The lowest BCUT2D eigenvalue weighted by atomic mass is 10.1. The van der Waals surface area contributed by atoms with Crippen molar-refractivity contribution in [1.82, 2.24) is 0 Å². The van der Waals surface area contributed by atoms with E-state index < -0.39 is 29.8 Å². The molecule has 5 rings (SSSR count). The van der Waals surface area contributed by atoms with Crippen molar-refractivity contribution in [3.05, 3.63) is 99.1 Å². The largest absolute Gasteiger partial charge is 0.412 e. The summed E-state index contributed by atoms with van der Waals surface area (Å²) in [6.45, 7) is 23.4. The average Bonchev–Trinajstić information content (AvgIpc) is 3.48. The summed E-state index contributed by atoms with van der Waals surface area (Å²) < 4.78 is 28.2. The first-order valence-corrected chi connectivity index (χ1v) is 30.3. The van der Waals surface area contributed by atoms with Crippen molar-refractivity contribution in [2.75, 3.05) is 4.98 Å². The fourth-order valence-corrected chi connectivity index (χ4v) is 19.2. The van der Waals surface area contributed by atoms with Gasteiger partial charge in [0.25, 0.3) is 0 Å². The molecular weight excluding hydrogens is 620 g/mol. The van der Waals surface area contributed by atoms with Gasteiger partial charge in [-0.15, -0.1) is 0 Å². The fourth-order valence-electron chi connectivity index (χ4n) is 6.10. The molecule has 0 radical (unpaired) electrons. The number of hydrogen-bond acceptors (Lipinski definition) is 1. The second-order valence-electron chi connectivity index (χ2n) is 14.6. The van der Waals surface area contributed by atoms with Gasteiger partial charge in [0.1, 0.15) is 26.3 Å². The van der Waals surface area contributed by atoms with E-state index in [0.29, 0.717) is 0 Å². The van der Waals surface area contributed by atoms with Crippen LogP contribution in [0.1, 0.15) is 41.7 Å². The molecule has 0 heterocycles. The second-order valence-corrected chi connectivity index (χ2v) is 47.5. The lowest BCUT2D eigenvalue weighted by Gasteiger charge is -2.41. The third-order valence-electron chi connectivity index (χ3n) is 10.2. The summed E-state index contributed by atoms with van der Waals surface area (Å²) >= 11 is 6.73. The molecule has 0 saturated carbocycles. The van der Waals surface area contributed by atoms with Crippen LogP contribution in [-0.2, 0) is 12.8 Å². The standard InChI is InChI=1S/C21H28FNSi2.C14H20ClFSi2/c1-15-7-9-17(10-8-15)23-25(5,6)24(3,4)21-12-11-20(22)18-13-16(2)14-19(18)21;1-10-8-11-12(9-10)14(7-6-13(11)16)17(2,3)18(4,5)15/h7-13,23H,14H2,1-6H3;6-8H,9H2,1-5H3. The van der Waals surface area contributed by atoms with E-state index in [4.69, 9.17) is 11.1 Å². The maximum Gasteiger partial charge on any atom is 0.146 e. The highest BCUT2D eigenvalue weighted by Gasteiger charge is 2.45. The molecule has 3 aromatic carbocycles. The maximum atomic E-state index is 14.3. The molecule has 1 N–H and O–H groups in total. The van der Waals surface area contributed by atoms with Gasteiger partial charge in [-0.05, 0) is 69.0 Å². The Kier molecular flexibility index (Phi) is 9.48. The minimum Gasteiger partial charge on any atom is -0.412 e. The number of halogens is 3. The minimum atomic E-state index is -1.79. The van der Waals surface area contributed by atoms with E-state index in [1.165, 1.54) is 43.9 Å². The van der Waals surface area contributed by atoms with Crippen LogP contribution in [0.5, 0.6) is 0 Å². The zero-order valence-electron chi connectivity index (χ0n) is 27.8. The summed E-state index contributed by atoms with van der Waals surface area (Å²) in [7, 11) is -5.24. The van der Waals surface area contributed by atoms with Crippen LogP contribution in [0.2, 0.25) is 52.4 Å². The number of benzene rings is 3. The quantitative estimate of drug-likeness (QED) is 0.204.